The fourth-order valence-corrected chi connectivity index (χ4v) is 3.00. The highest BCUT2D eigenvalue weighted by molar-refractivity contribution is 7.07. The van der Waals surface area contributed by atoms with E-state index in [1.165, 1.54) is 4.57 Å². The summed E-state index contributed by atoms with van der Waals surface area (Å²) < 4.78 is 1.48. The molecular formula is C16H14N2O2S. The number of thiazole rings is 1. The molecule has 0 atom stereocenters. The predicted octanol–water partition coefficient (Wildman–Crippen LogP) is 3.01. The lowest BCUT2D eigenvalue weighted by molar-refractivity contribution is -0.116. The highest BCUT2D eigenvalue weighted by Crippen LogP contribution is 2.22. The van der Waals surface area contributed by atoms with E-state index in [9.17, 15) is 9.59 Å². The summed E-state index contributed by atoms with van der Waals surface area (Å²) >= 11 is 1.11. The largest absolute Gasteiger partial charge is 0.324 e. The van der Waals surface area contributed by atoms with Gasteiger partial charge in [0, 0.05) is 22.1 Å². The third-order valence-corrected chi connectivity index (χ3v) is 4.22. The SMILES string of the molecule is Cc1csc(=O)n1CC(=O)Nc1cccc2ccccc12. The molecular weight excluding hydrogens is 284 g/mol. The van der Waals surface area contributed by atoms with Crippen LogP contribution in [0.25, 0.3) is 10.8 Å². The number of benzene rings is 2. The number of aryl methyl sites for hydroxylation is 1. The molecule has 0 fully saturated rings. The number of aromatic nitrogens is 1. The quantitative estimate of drug-likeness (QED) is 0.808. The molecule has 5 heteroatoms. The van der Waals surface area contributed by atoms with Gasteiger partial charge in [0.05, 0.1) is 0 Å². The van der Waals surface area contributed by atoms with Gasteiger partial charge in [-0.05, 0) is 18.4 Å². The topological polar surface area (TPSA) is 51.1 Å². The molecule has 0 aliphatic rings. The lowest BCUT2D eigenvalue weighted by Gasteiger charge is -2.09. The first-order valence-electron chi connectivity index (χ1n) is 6.58. The first-order valence-corrected chi connectivity index (χ1v) is 7.45. The molecule has 2 aromatic carbocycles. The summed E-state index contributed by atoms with van der Waals surface area (Å²) in [7, 11) is 0. The predicted molar refractivity (Wildman–Crippen MR) is 85.9 cm³/mol. The average Bonchev–Trinajstić information content (AvgIpc) is 2.79. The average molecular weight is 298 g/mol. The second-order valence-corrected chi connectivity index (χ2v) is 5.62. The van der Waals surface area contributed by atoms with Crippen LogP contribution in [0.1, 0.15) is 5.69 Å². The second-order valence-electron chi connectivity index (χ2n) is 4.80. The van der Waals surface area contributed by atoms with Gasteiger partial charge in [0.1, 0.15) is 6.54 Å². The third kappa shape index (κ3) is 2.73. The van der Waals surface area contributed by atoms with Gasteiger partial charge in [-0.25, -0.2) is 0 Å². The number of nitrogens with one attached hydrogen (secondary N) is 1. The first-order chi connectivity index (χ1) is 10.1. The van der Waals surface area contributed by atoms with Crippen molar-refractivity contribution in [2.24, 2.45) is 0 Å². The minimum atomic E-state index is -0.199. The van der Waals surface area contributed by atoms with Gasteiger partial charge in [-0.2, -0.15) is 0 Å². The Morgan fingerprint density at radius 1 is 1.19 bits per heavy atom. The molecule has 0 aliphatic carbocycles. The maximum atomic E-state index is 12.2. The zero-order valence-corrected chi connectivity index (χ0v) is 12.3. The van der Waals surface area contributed by atoms with Crippen LogP contribution in [-0.2, 0) is 11.3 Å². The molecule has 0 unspecified atom stereocenters. The van der Waals surface area contributed by atoms with Crippen molar-refractivity contribution in [3.8, 4) is 0 Å². The van der Waals surface area contributed by atoms with Crippen LogP contribution < -0.4 is 10.2 Å². The van der Waals surface area contributed by atoms with Crippen LogP contribution >= 0.6 is 11.3 Å². The van der Waals surface area contributed by atoms with Crippen LogP contribution in [0.3, 0.4) is 0 Å². The summed E-state index contributed by atoms with van der Waals surface area (Å²) in [5.41, 5.74) is 1.57. The van der Waals surface area contributed by atoms with E-state index in [0.29, 0.717) is 0 Å². The number of hydrogen-bond acceptors (Lipinski definition) is 3. The normalized spacial score (nSPS) is 10.7. The number of carbonyl (C=O) groups is 1. The number of anilines is 1. The zero-order chi connectivity index (χ0) is 14.8. The highest BCUT2D eigenvalue weighted by atomic mass is 32.1. The van der Waals surface area contributed by atoms with E-state index in [4.69, 9.17) is 0 Å². The molecule has 0 saturated heterocycles. The van der Waals surface area contributed by atoms with Gasteiger partial charge >= 0.3 is 4.87 Å². The van der Waals surface area contributed by atoms with Crippen LogP contribution in [0.2, 0.25) is 0 Å². The smallest absolute Gasteiger partial charge is 0.307 e. The molecule has 1 amide bonds. The van der Waals surface area contributed by atoms with Gasteiger partial charge < -0.3 is 5.32 Å². The molecule has 1 heterocycles. The molecule has 0 spiro atoms. The summed E-state index contributed by atoms with van der Waals surface area (Å²) in [6.45, 7) is 1.86. The number of amides is 1. The molecule has 4 nitrogen and oxygen atoms in total. The van der Waals surface area contributed by atoms with Crippen molar-refractivity contribution in [2.75, 3.05) is 5.32 Å². The van der Waals surface area contributed by atoms with Gasteiger partial charge in [-0.15, -0.1) is 0 Å². The lowest BCUT2D eigenvalue weighted by Crippen LogP contribution is -2.25. The van der Waals surface area contributed by atoms with Crippen molar-refractivity contribution in [1.29, 1.82) is 0 Å². The molecule has 3 aromatic rings. The molecule has 0 aliphatic heterocycles. The van der Waals surface area contributed by atoms with Crippen LogP contribution in [0.4, 0.5) is 5.69 Å². The lowest BCUT2D eigenvalue weighted by atomic mass is 10.1. The Kier molecular flexibility index (Phi) is 3.58. The summed E-state index contributed by atoms with van der Waals surface area (Å²) in [5.74, 6) is -0.199. The number of nitrogens with zero attached hydrogens (tertiary/aromatic N) is 1. The van der Waals surface area contributed by atoms with E-state index in [0.717, 1.165) is 33.5 Å². The summed E-state index contributed by atoms with van der Waals surface area (Å²) in [6.07, 6.45) is 0. The van der Waals surface area contributed by atoms with E-state index in [1.54, 1.807) is 5.38 Å². The summed E-state index contributed by atoms with van der Waals surface area (Å²) in [4.78, 5) is 23.7. The minimum absolute atomic E-state index is 0.0391. The molecule has 0 bridgehead atoms. The number of hydrogen-bond donors (Lipinski definition) is 1. The first kappa shape index (κ1) is 13.6. The number of carbonyl (C=O) groups excluding carboxylic acids is 1. The molecule has 3 rings (SSSR count). The van der Waals surface area contributed by atoms with Crippen molar-refractivity contribution >= 4 is 33.7 Å². The maximum Gasteiger partial charge on any atom is 0.307 e. The van der Waals surface area contributed by atoms with E-state index in [2.05, 4.69) is 5.32 Å². The van der Waals surface area contributed by atoms with Gasteiger partial charge in [0.2, 0.25) is 5.91 Å². The van der Waals surface area contributed by atoms with Crippen molar-refractivity contribution in [1.82, 2.24) is 4.57 Å². The molecule has 1 aromatic heterocycles. The Balaban J connectivity index is 1.86. The minimum Gasteiger partial charge on any atom is -0.324 e. The molecule has 0 radical (unpaired) electrons. The van der Waals surface area contributed by atoms with E-state index < -0.39 is 0 Å². The van der Waals surface area contributed by atoms with Gasteiger partial charge in [0.15, 0.2) is 0 Å². The Bertz CT molecular complexity index is 859. The van der Waals surface area contributed by atoms with E-state index in [1.807, 2.05) is 49.4 Å². The van der Waals surface area contributed by atoms with Crippen LogP contribution in [0.5, 0.6) is 0 Å². The second kappa shape index (κ2) is 5.54. The van der Waals surface area contributed by atoms with Gasteiger partial charge in [-0.3, -0.25) is 14.2 Å². The monoisotopic (exact) mass is 298 g/mol. The molecule has 0 saturated carbocycles. The number of fused-ring (bicyclic) bond motifs is 1. The van der Waals surface area contributed by atoms with Gasteiger partial charge in [-0.1, -0.05) is 47.7 Å². The summed E-state index contributed by atoms with van der Waals surface area (Å²) in [6, 6.07) is 13.6. The fourth-order valence-electron chi connectivity index (χ4n) is 2.26. The Morgan fingerprint density at radius 2 is 1.95 bits per heavy atom. The Labute approximate surface area is 125 Å². The summed E-state index contributed by atoms with van der Waals surface area (Å²) in [5, 5.41) is 6.70. The molecule has 106 valence electrons. The van der Waals surface area contributed by atoms with Crippen molar-refractivity contribution in [2.45, 2.75) is 13.5 Å². The molecule has 21 heavy (non-hydrogen) atoms. The van der Waals surface area contributed by atoms with Gasteiger partial charge in [0.25, 0.3) is 0 Å². The molecule has 1 N–H and O–H groups in total. The standard InChI is InChI=1S/C16H14N2O2S/c1-11-10-21-16(20)18(11)9-15(19)17-14-8-4-6-12-5-2-3-7-13(12)14/h2-8,10H,9H2,1H3,(H,17,19). The fraction of sp³-hybridized carbons (Fsp3) is 0.125. The van der Waals surface area contributed by atoms with Crippen molar-refractivity contribution in [3.05, 3.63) is 63.2 Å². The number of rotatable bonds is 3. The zero-order valence-electron chi connectivity index (χ0n) is 11.5. The Morgan fingerprint density at radius 3 is 2.71 bits per heavy atom. The Hall–Kier alpha value is -2.40. The van der Waals surface area contributed by atoms with E-state index >= 15 is 0 Å². The third-order valence-electron chi connectivity index (χ3n) is 3.34. The van der Waals surface area contributed by atoms with Crippen LogP contribution in [0, 0.1) is 6.92 Å². The van der Waals surface area contributed by atoms with E-state index in [-0.39, 0.29) is 17.3 Å². The van der Waals surface area contributed by atoms with Crippen molar-refractivity contribution in [3.63, 3.8) is 0 Å². The van der Waals surface area contributed by atoms with Crippen LogP contribution in [0.15, 0.2) is 52.6 Å². The highest BCUT2D eigenvalue weighted by Gasteiger charge is 2.10. The van der Waals surface area contributed by atoms with Crippen LogP contribution in [-0.4, -0.2) is 10.5 Å². The maximum absolute atomic E-state index is 12.2. The van der Waals surface area contributed by atoms with Crippen molar-refractivity contribution < 1.29 is 4.79 Å².